The number of nitrogens with one attached hydrogen (secondary N) is 7. The molecule has 0 saturated heterocycles. The lowest BCUT2D eigenvalue weighted by Crippen LogP contribution is -2.53. The highest BCUT2D eigenvalue weighted by Gasteiger charge is 2.25. The smallest absolute Gasteiger partial charge is 0.234 e. The number of Topliss-reactive ketones (excluding diaryl/α,β-unsaturated/α-hetero) is 1. The van der Waals surface area contributed by atoms with E-state index in [1.807, 2.05) is 34.8 Å². The predicted molar refractivity (Wildman–Crippen MR) is 166 cm³/mol. The molecule has 7 N–H and O–H groups in total. The lowest BCUT2D eigenvalue weighted by molar-refractivity contribution is -0.133. The van der Waals surface area contributed by atoms with Crippen molar-refractivity contribution in [2.24, 2.45) is 5.92 Å². The van der Waals surface area contributed by atoms with Gasteiger partial charge in [-0.3, -0.25) is 43.3 Å². The summed E-state index contributed by atoms with van der Waals surface area (Å²) in [6.07, 6.45) is 1.66. The molecule has 20 heteroatoms. The fraction of sp³-hybridized carbons (Fsp3) is 0.680. The summed E-state index contributed by atoms with van der Waals surface area (Å²) >= 11 is 0. The maximum atomic E-state index is 12.9. The highest BCUT2D eigenvalue weighted by Crippen LogP contribution is 2.06. The molecule has 0 aromatic carbocycles. The Kier molecular flexibility index (Phi) is 21.5. The first-order valence-corrected chi connectivity index (χ1v) is 14.4. The second kappa shape index (κ2) is 23.5. The standard InChI is InChI=1S/C25H40B4N8O8/c1-15(2)18(38)6-4-3-5-11-30-21(41)12-37(13-22(42)31-16(24(44)35-28)7-9-19(39)33-26)14-23(43)32-17(25(45)36-29)8-10-20(40)34-27/h15-17H,3-14H2,1-2H3,(H,30,41)(H,31,42)(H,32,43)(H,33,39)(H,34,40)(H,35,44)(H,36,45)/t16-,17-/m0/s1. The van der Waals surface area contributed by atoms with E-state index in [0.29, 0.717) is 25.7 Å². The van der Waals surface area contributed by atoms with E-state index in [2.05, 4.69) is 16.0 Å². The topological polar surface area (TPSA) is 224 Å². The molecule has 0 aliphatic carbocycles. The quantitative estimate of drug-likeness (QED) is 0.0430. The van der Waals surface area contributed by atoms with Crippen LogP contribution in [0.25, 0.3) is 0 Å². The number of amides is 7. The maximum Gasteiger partial charge on any atom is 0.234 e. The Morgan fingerprint density at radius 3 is 1.40 bits per heavy atom. The van der Waals surface area contributed by atoms with E-state index in [4.69, 9.17) is 31.9 Å². The number of nitrogens with zero attached hydrogens (tertiary/aromatic N) is 1. The first-order chi connectivity index (χ1) is 21.3. The Bertz CT molecular complexity index is 981. The second-order valence-electron chi connectivity index (χ2n) is 10.4. The van der Waals surface area contributed by atoms with Crippen molar-refractivity contribution in [3.05, 3.63) is 0 Å². The van der Waals surface area contributed by atoms with Gasteiger partial charge in [-0.25, -0.2) is 0 Å². The molecule has 240 valence electrons. The Labute approximate surface area is 268 Å². The van der Waals surface area contributed by atoms with Gasteiger partial charge < -0.3 is 36.9 Å². The summed E-state index contributed by atoms with van der Waals surface area (Å²) in [4.78, 5) is 98.6. The molecule has 0 rings (SSSR count). The van der Waals surface area contributed by atoms with Crippen molar-refractivity contribution in [1.29, 1.82) is 0 Å². The minimum atomic E-state index is -1.24. The third kappa shape index (κ3) is 19.2. The van der Waals surface area contributed by atoms with Crippen LogP contribution >= 0.6 is 0 Å². The summed E-state index contributed by atoms with van der Waals surface area (Å²) in [5.41, 5.74) is 0. The van der Waals surface area contributed by atoms with Crippen LogP contribution in [0.2, 0.25) is 0 Å². The van der Waals surface area contributed by atoms with Crippen molar-refractivity contribution in [2.75, 3.05) is 26.2 Å². The molecule has 8 radical (unpaired) electrons. The molecule has 16 nitrogen and oxygen atoms in total. The van der Waals surface area contributed by atoms with Gasteiger partial charge in [-0.15, -0.1) is 0 Å². The van der Waals surface area contributed by atoms with E-state index >= 15 is 0 Å². The molecule has 0 spiro atoms. The fourth-order valence-corrected chi connectivity index (χ4v) is 3.86. The number of rotatable bonds is 23. The van der Waals surface area contributed by atoms with Crippen molar-refractivity contribution in [3.8, 4) is 0 Å². The maximum absolute atomic E-state index is 12.9. The van der Waals surface area contributed by atoms with Crippen LogP contribution in [-0.4, -0.2) is 122 Å². The minimum Gasteiger partial charge on any atom is -0.409 e. The van der Waals surface area contributed by atoms with Gasteiger partial charge in [-0.05, 0) is 25.7 Å². The second-order valence-corrected chi connectivity index (χ2v) is 10.4. The van der Waals surface area contributed by atoms with Gasteiger partial charge in [0.2, 0.25) is 73.3 Å². The summed E-state index contributed by atoms with van der Waals surface area (Å²) in [7, 11) is 20.4. The first-order valence-electron chi connectivity index (χ1n) is 14.4. The van der Waals surface area contributed by atoms with Crippen molar-refractivity contribution < 1.29 is 38.4 Å². The van der Waals surface area contributed by atoms with Crippen molar-refractivity contribution >= 4 is 79.1 Å². The Morgan fingerprint density at radius 2 is 1.00 bits per heavy atom. The van der Waals surface area contributed by atoms with Crippen LogP contribution in [0.5, 0.6) is 0 Å². The number of unbranched alkanes of at least 4 members (excludes halogenated alkanes) is 2. The number of hydrogen-bond donors (Lipinski definition) is 7. The van der Waals surface area contributed by atoms with Gasteiger partial charge >= 0.3 is 0 Å². The van der Waals surface area contributed by atoms with Crippen molar-refractivity contribution in [2.45, 2.75) is 77.3 Å². The van der Waals surface area contributed by atoms with Crippen LogP contribution in [0.15, 0.2) is 0 Å². The molecule has 45 heavy (non-hydrogen) atoms. The van der Waals surface area contributed by atoms with Crippen molar-refractivity contribution in [1.82, 2.24) is 41.8 Å². The summed E-state index contributed by atoms with van der Waals surface area (Å²) in [6.45, 7) is 2.40. The van der Waals surface area contributed by atoms with Crippen LogP contribution in [0.1, 0.15) is 65.2 Å². The molecule has 0 aromatic rings. The monoisotopic (exact) mass is 624 g/mol. The van der Waals surface area contributed by atoms with Gasteiger partial charge in [0.15, 0.2) is 0 Å². The van der Waals surface area contributed by atoms with Gasteiger partial charge in [0.1, 0.15) is 17.9 Å². The summed E-state index contributed by atoms with van der Waals surface area (Å²) in [6, 6.07) is -2.48. The van der Waals surface area contributed by atoms with Gasteiger partial charge in [-0.1, -0.05) is 20.3 Å². The first kappa shape index (κ1) is 41.2. The van der Waals surface area contributed by atoms with E-state index in [1.165, 1.54) is 0 Å². The molecule has 0 heterocycles. The summed E-state index contributed by atoms with van der Waals surface area (Å²) in [5, 5.41) is 15.0. The summed E-state index contributed by atoms with van der Waals surface area (Å²) < 4.78 is 0. The lowest BCUT2D eigenvalue weighted by atomic mass is 10.0. The van der Waals surface area contributed by atoms with Crippen LogP contribution < -0.4 is 36.9 Å². The molecule has 0 aromatic heterocycles. The highest BCUT2D eigenvalue weighted by molar-refractivity contribution is 6.16. The Hall–Kier alpha value is -3.82. The SMILES string of the molecule is [B]NC(=O)CC[C@H](NC(=O)CN(CC(=O)NCCCCCC(=O)C(C)C)CC(=O)N[C@@H](CCC(=O)N[B])C(=O)N[B])C(=O)N[B]. The average molecular weight is 624 g/mol. The molecule has 2 atom stereocenters. The predicted octanol–water partition coefficient (Wildman–Crippen LogP) is -4.48. The van der Waals surface area contributed by atoms with E-state index in [0.717, 1.165) is 4.90 Å². The number of carbonyl (C=O) groups excluding carboxylic acids is 8. The van der Waals surface area contributed by atoms with Gasteiger partial charge in [-0.2, -0.15) is 0 Å². The minimum absolute atomic E-state index is 0.0408. The molecule has 0 bridgehead atoms. The van der Waals surface area contributed by atoms with Gasteiger partial charge in [0.05, 0.1) is 19.6 Å². The number of hydrogen-bond acceptors (Lipinski definition) is 9. The van der Waals surface area contributed by atoms with E-state index in [1.54, 1.807) is 0 Å². The normalized spacial score (nSPS) is 11.9. The van der Waals surface area contributed by atoms with E-state index in [9.17, 15) is 38.4 Å². The Balaban J connectivity index is 5.46. The molecule has 0 fully saturated rings. The molecular weight excluding hydrogens is 584 g/mol. The zero-order chi connectivity index (χ0) is 34.4. The lowest BCUT2D eigenvalue weighted by Gasteiger charge is -2.24. The number of ketones is 1. The molecule has 0 aliphatic rings. The van der Waals surface area contributed by atoms with E-state index < -0.39 is 73.1 Å². The van der Waals surface area contributed by atoms with Crippen molar-refractivity contribution in [3.63, 3.8) is 0 Å². The largest absolute Gasteiger partial charge is 0.409 e. The average Bonchev–Trinajstić information content (AvgIpc) is 3.01. The fourth-order valence-electron chi connectivity index (χ4n) is 3.86. The molecular formula is C25H40B4N8O8. The number of carbonyl (C=O) groups is 8. The summed E-state index contributed by atoms with van der Waals surface area (Å²) in [5.74, 6) is -4.78. The zero-order valence-corrected chi connectivity index (χ0v) is 25.7. The third-order valence-electron chi connectivity index (χ3n) is 6.40. The van der Waals surface area contributed by atoms with Crippen LogP contribution in [0.3, 0.4) is 0 Å². The Morgan fingerprint density at radius 1 is 0.556 bits per heavy atom. The van der Waals surface area contributed by atoms with Crippen LogP contribution in [0, 0.1) is 5.92 Å². The molecule has 0 unspecified atom stereocenters. The van der Waals surface area contributed by atoms with Crippen LogP contribution in [0.4, 0.5) is 0 Å². The zero-order valence-electron chi connectivity index (χ0n) is 25.7. The van der Waals surface area contributed by atoms with Crippen LogP contribution in [-0.2, 0) is 38.4 Å². The third-order valence-corrected chi connectivity index (χ3v) is 6.40. The molecule has 0 saturated carbocycles. The molecule has 0 aliphatic heterocycles. The van der Waals surface area contributed by atoms with E-state index in [-0.39, 0.29) is 43.9 Å². The highest BCUT2D eigenvalue weighted by atomic mass is 16.2. The van der Waals surface area contributed by atoms with Gasteiger partial charge in [0.25, 0.3) is 0 Å². The van der Waals surface area contributed by atoms with Gasteiger partial charge in [0, 0.05) is 31.7 Å². The molecule has 7 amide bonds.